The summed E-state index contributed by atoms with van der Waals surface area (Å²) in [6.45, 7) is -1.06. The summed E-state index contributed by atoms with van der Waals surface area (Å²) in [5.41, 5.74) is 0.755. The summed E-state index contributed by atoms with van der Waals surface area (Å²) in [4.78, 5) is 55.8. The molecule has 224 valence electrons. The van der Waals surface area contributed by atoms with Gasteiger partial charge < -0.3 is 19.7 Å². The molecule has 4 aromatic carbocycles. The molecule has 9 nitrogen and oxygen atoms in total. The quantitative estimate of drug-likeness (QED) is 0.260. The van der Waals surface area contributed by atoms with Crippen LogP contribution in [0.25, 0.3) is 0 Å². The number of hydrogen-bond acceptors (Lipinski definition) is 6. The minimum atomic E-state index is -1.51. The second-order valence-electron chi connectivity index (χ2n) is 9.86. The van der Waals surface area contributed by atoms with E-state index in [-0.39, 0.29) is 33.8 Å². The summed E-state index contributed by atoms with van der Waals surface area (Å²) in [6, 6.07) is 20.2. The van der Waals surface area contributed by atoms with Crippen molar-refractivity contribution in [1.29, 1.82) is 0 Å². The van der Waals surface area contributed by atoms with E-state index in [2.05, 4.69) is 5.32 Å². The highest BCUT2D eigenvalue weighted by Gasteiger charge is 2.39. The fourth-order valence-corrected chi connectivity index (χ4v) is 5.02. The molecule has 11 heteroatoms. The number of Topliss-reactive ketones (excluding diaryl/α,β-unsaturated/α-hetero) is 1. The fraction of sp³-hybridized carbons (Fsp3) is 0.152. The first-order valence-corrected chi connectivity index (χ1v) is 13.5. The SMILES string of the molecule is COc1ccc(NC(=O)C(c2cccc(F)c2)N(Cc2ccccc2F)C(=O)CN2C(=O)C(=O)c3ccccc32)c(OC)c1. The second-order valence-corrected chi connectivity index (χ2v) is 9.86. The van der Waals surface area contributed by atoms with Crippen LogP contribution in [0.15, 0.2) is 91.0 Å². The summed E-state index contributed by atoms with van der Waals surface area (Å²) in [6.07, 6.45) is 0. The minimum Gasteiger partial charge on any atom is -0.497 e. The van der Waals surface area contributed by atoms with Gasteiger partial charge >= 0.3 is 0 Å². The molecule has 0 aliphatic carbocycles. The van der Waals surface area contributed by atoms with Crippen molar-refractivity contribution in [2.75, 3.05) is 31.0 Å². The molecule has 1 aliphatic rings. The Bertz CT molecular complexity index is 1760. The van der Waals surface area contributed by atoms with Gasteiger partial charge in [0.2, 0.25) is 5.91 Å². The molecule has 1 N–H and O–H groups in total. The van der Waals surface area contributed by atoms with Gasteiger partial charge in [0.05, 0.1) is 31.2 Å². The van der Waals surface area contributed by atoms with Gasteiger partial charge in [0.25, 0.3) is 17.6 Å². The summed E-state index contributed by atoms with van der Waals surface area (Å²) >= 11 is 0. The van der Waals surface area contributed by atoms with Crippen molar-refractivity contribution >= 4 is 34.9 Å². The Balaban J connectivity index is 1.58. The zero-order valence-corrected chi connectivity index (χ0v) is 23.8. The molecule has 0 radical (unpaired) electrons. The van der Waals surface area contributed by atoms with Crippen molar-refractivity contribution in [3.05, 3.63) is 119 Å². The number of methoxy groups -OCH3 is 2. The number of amides is 3. The predicted molar refractivity (Wildman–Crippen MR) is 157 cm³/mol. The van der Waals surface area contributed by atoms with E-state index >= 15 is 0 Å². The van der Waals surface area contributed by atoms with Gasteiger partial charge in [0.1, 0.15) is 35.7 Å². The number of nitrogens with one attached hydrogen (secondary N) is 1. The standard InChI is InChI=1S/C33H27F2N3O6/c1-43-23-14-15-26(28(17-23)44-2)36-32(41)30(20-9-7-10-22(34)16-20)38(18-21-8-3-5-12-25(21)35)29(39)19-37-27-13-6-4-11-24(27)31(40)33(37)42/h3-17,30H,18-19H2,1-2H3,(H,36,41). The molecule has 0 bridgehead atoms. The Kier molecular flexibility index (Phi) is 8.66. The molecule has 0 spiro atoms. The number of fused-ring (bicyclic) bond motifs is 1. The average Bonchev–Trinajstić information content (AvgIpc) is 3.26. The Hall–Kier alpha value is -5.58. The zero-order chi connectivity index (χ0) is 31.4. The molecular weight excluding hydrogens is 572 g/mol. The molecule has 0 fully saturated rings. The molecule has 1 unspecified atom stereocenters. The van der Waals surface area contributed by atoms with Crippen LogP contribution in [0.4, 0.5) is 20.2 Å². The van der Waals surface area contributed by atoms with Crippen molar-refractivity contribution in [2.45, 2.75) is 12.6 Å². The number of anilines is 2. The van der Waals surface area contributed by atoms with Gasteiger partial charge in [-0.2, -0.15) is 0 Å². The van der Waals surface area contributed by atoms with E-state index in [0.29, 0.717) is 5.75 Å². The maximum Gasteiger partial charge on any atom is 0.299 e. The minimum absolute atomic E-state index is 0.0707. The van der Waals surface area contributed by atoms with Gasteiger partial charge in [0, 0.05) is 18.2 Å². The maximum atomic E-state index is 14.9. The molecule has 3 amide bonds. The molecule has 1 aliphatic heterocycles. The number of ketones is 1. The Morgan fingerprint density at radius 2 is 1.64 bits per heavy atom. The molecule has 4 aromatic rings. The first-order valence-electron chi connectivity index (χ1n) is 13.5. The van der Waals surface area contributed by atoms with Gasteiger partial charge in [-0.3, -0.25) is 24.1 Å². The Morgan fingerprint density at radius 1 is 0.886 bits per heavy atom. The topological polar surface area (TPSA) is 105 Å². The van der Waals surface area contributed by atoms with Gasteiger partial charge in [-0.25, -0.2) is 8.78 Å². The fourth-order valence-electron chi connectivity index (χ4n) is 5.02. The van der Waals surface area contributed by atoms with Gasteiger partial charge in [-0.1, -0.05) is 42.5 Å². The normalized spacial score (nSPS) is 12.9. The van der Waals surface area contributed by atoms with Crippen molar-refractivity contribution in [3.8, 4) is 11.5 Å². The number of para-hydroxylation sites is 1. The molecule has 5 rings (SSSR count). The predicted octanol–water partition coefficient (Wildman–Crippen LogP) is 4.92. The van der Waals surface area contributed by atoms with Crippen LogP contribution >= 0.6 is 0 Å². The summed E-state index contributed by atoms with van der Waals surface area (Å²) in [5, 5.41) is 2.73. The average molecular weight is 600 g/mol. The van der Waals surface area contributed by atoms with Gasteiger partial charge in [-0.15, -0.1) is 0 Å². The summed E-state index contributed by atoms with van der Waals surface area (Å²) < 4.78 is 40.1. The van der Waals surface area contributed by atoms with E-state index in [1.165, 1.54) is 68.8 Å². The molecule has 1 atom stereocenters. The number of rotatable bonds is 10. The first kappa shape index (κ1) is 29.9. The third-order valence-electron chi connectivity index (χ3n) is 7.18. The monoisotopic (exact) mass is 599 g/mol. The van der Waals surface area contributed by atoms with Gasteiger partial charge in [-0.05, 0) is 48.0 Å². The molecule has 0 aromatic heterocycles. The van der Waals surface area contributed by atoms with E-state index in [0.717, 1.165) is 15.9 Å². The van der Waals surface area contributed by atoms with Crippen LogP contribution in [0.5, 0.6) is 11.5 Å². The van der Waals surface area contributed by atoms with Crippen LogP contribution < -0.4 is 19.7 Å². The first-order chi connectivity index (χ1) is 21.2. The third kappa shape index (κ3) is 5.98. The van der Waals surface area contributed by atoms with Crippen LogP contribution in [0.1, 0.15) is 27.5 Å². The molecule has 0 saturated heterocycles. The van der Waals surface area contributed by atoms with E-state index < -0.39 is 54.3 Å². The zero-order valence-electron chi connectivity index (χ0n) is 23.8. The molecule has 1 heterocycles. The number of halogens is 2. The van der Waals surface area contributed by atoms with E-state index in [9.17, 15) is 28.0 Å². The van der Waals surface area contributed by atoms with Gasteiger partial charge in [0.15, 0.2) is 0 Å². The van der Waals surface area contributed by atoms with Crippen LogP contribution in [-0.4, -0.2) is 49.2 Å². The molecule has 0 saturated carbocycles. The van der Waals surface area contributed by atoms with E-state index in [1.54, 1.807) is 30.3 Å². The lowest BCUT2D eigenvalue weighted by atomic mass is 10.0. The number of ether oxygens (including phenoxy) is 2. The number of carbonyl (C=O) groups is 4. The van der Waals surface area contributed by atoms with Crippen LogP contribution in [0.3, 0.4) is 0 Å². The van der Waals surface area contributed by atoms with Crippen molar-refractivity contribution in [3.63, 3.8) is 0 Å². The Morgan fingerprint density at radius 3 is 2.36 bits per heavy atom. The summed E-state index contributed by atoms with van der Waals surface area (Å²) in [5.74, 6) is -3.86. The highest BCUT2D eigenvalue weighted by Crippen LogP contribution is 2.33. The molecular formula is C33H27F2N3O6. The van der Waals surface area contributed by atoms with Crippen LogP contribution in [-0.2, 0) is 20.9 Å². The van der Waals surface area contributed by atoms with Crippen LogP contribution in [0.2, 0.25) is 0 Å². The summed E-state index contributed by atoms with van der Waals surface area (Å²) in [7, 11) is 2.87. The lowest BCUT2D eigenvalue weighted by Gasteiger charge is -2.33. The number of nitrogens with zero attached hydrogens (tertiary/aromatic N) is 2. The highest BCUT2D eigenvalue weighted by molar-refractivity contribution is 6.52. The smallest absolute Gasteiger partial charge is 0.299 e. The third-order valence-corrected chi connectivity index (χ3v) is 7.18. The van der Waals surface area contributed by atoms with Crippen molar-refractivity contribution in [1.82, 2.24) is 4.90 Å². The largest absolute Gasteiger partial charge is 0.497 e. The number of hydrogen-bond donors (Lipinski definition) is 1. The highest BCUT2D eigenvalue weighted by atomic mass is 19.1. The van der Waals surface area contributed by atoms with E-state index in [4.69, 9.17) is 9.47 Å². The van der Waals surface area contributed by atoms with Crippen molar-refractivity contribution < 1.29 is 37.4 Å². The maximum absolute atomic E-state index is 14.9. The lowest BCUT2D eigenvalue weighted by molar-refractivity contribution is -0.139. The van der Waals surface area contributed by atoms with E-state index in [1.807, 2.05) is 0 Å². The molecule has 44 heavy (non-hydrogen) atoms. The van der Waals surface area contributed by atoms with Crippen LogP contribution in [0, 0.1) is 11.6 Å². The van der Waals surface area contributed by atoms with Crippen molar-refractivity contribution in [2.24, 2.45) is 0 Å². The second kappa shape index (κ2) is 12.7. The number of benzene rings is 4. The number of carbonyl (C=O) groups excluding carboxylic acids is 4. The lowest BCUT2D eigenvalue weighted by Crippen LogP contribution is -2.46. The Labute approximate surface area is 251 Å².